The molecule has 1 atom stereocenters. The van der Waals surface area contributed by atoms with Crippen LogP contribution in [0.1, 0.15) is 42.1 Å². The van der Waals surface area contributed by atoms with Gasteiger partial charge in [0, 0.05) is 11.5 Å². The summed E-state index contributed by atoms with van der Waals surface area (Å²) >= 11 is 1.60. The van der Waals surface area contributed by atoms with Gasteiger partial charge in [-0.1, -0.05) is 41.6 Å². The molecular weight excluding hydrogens is 346 g/mol. The number of likely N-dealkylation sites (tertiary alicyclic amines) is 1. The van der Waals surface area contributed by atoms with E-state index in [0.29, 0.717) is 11.7 Å². The highest BCUT2D eigenvalue weighted by atomic mass is 32.1. The topological polar surface area (TPSA) is 59.2 Å². The van der Waals surface area contributed by atoms with E-state index >= 15 is 0 Å². The Labute approximate surface area is 156 Å². The molecule has 4 rings (SSSR count). The monoisotopic (exact) mass is 367 g/mol. The van der Waals surface area contributed by atoms with Crippen molar-refractivity contribution in [3.8, 4) is 10.7 Å². The zero-order valence-corrected chi connectivity index (χ0v) is 15.5. The fourth-order valence-electron chi connectivity index (χ4n) is 3.45. The molecule has 1 aromatic carbocycles. The number of nitrogens with zero attached hydrogens (tertiary/aromatic N) is 3. The van der Waals surface area contributed by atoms with Crippen molar-refractivity contribution < 1.29 is 9.32 Å². The van der Waals surface area contributed by atoms with Gasteiger partial charge in [-0.2, -0.15) is 4.98 Å². The van der Waals surface area contributed by atoms with Gasteiger partial charge >= 0.3 is 0 Å². The minimum Gasteiger partial charge on any atom is -0.337 e. The molecule has 6 heteroatoms. The molecule has 1 aliphatic rings. The summed E-state index contributed by atoms with van der Waals surface area (Å²) in [4.78, 5) is 20.5. The molecule has 0 N–H and O–H groups in total. The van der Waals surface area contributed by atoms with Crippen molar-refractivity contribution in [2.45, 2.75) is 25.8 Å². The zero-order chi connectivity index (χ0) is 17.9. The molecule has 3 aromatic rings. The van der Waals surface area contributed by atoms with Gasteiger partial charge in [0.05, 0.1) is 10.9 Å². The summed E-state index contributed by atoms with van der Waals surface area (Å²) in [6.45, 7) is 3.81. The number of rotatable bonds is 5. The van der Waals surface area contributed by atoms with E-state index in [1.807, 2.05) is 47.8 Å². The van der Waals surface area contributed by atoms with E-state index in [1.165, 1.54) is 0 Å². The number of benzene rings is 1. The highest BCUT2D eigenvalue weighted by molar-refractivity contribution is 7.13. The number of carbonyl (C=O) groups is 1. The smallest absolute Gasteiger partial charge is 0.244 e. The second kappa shape index (κ2) is 7.51. The Kier molecular flexibility index (Phi) is 4.95. The minimum absolute atomic E-state index is 0.0592. The number of piperidine rings is 1. The molecule has 26 heavy (non-hydrogen) atoms. The Bertz CT molecular complexity index is 852. The van der Waals surface area contributed by atoms with Crippen LogP contribution in [0.25, 0.3) is 10.7 Å². The first-order valence-corrected chi connectivity index (χ1v) is 9.81. The van der Waals surface area contributed by atoms with E-state index in [0.717, 1.165) is 36.4 Å². The summed E-state index contributed by atoms with van der Waals surface area (Å²) in [7, 11) is 0. The van der Waals surface area contributed by atoms with Gasteiger partial charge in [-0.15, -0.1) is 11.3 Å². The van der Waals surface area contributed by atoms with Gasteiger partial charge in [0.1, 0.15) is 0 Å². The lowest BCUT2D eigenvalue weighted by Gasteiger charge is -2.33. The van der Waals surface area contributed by atoms with Crippen LogP contribution in [-0.2, 0) is 0 Å². The summed E-state index contributed by atoms with van der Waals surface area (Å²) in [5.74, 6) is 1.65. The molecule has 134 valence electrons. The summed E-state index contributed by atoms with van der Waals surface area (Å²) in [5.41, 5.74) is 0.816. The van der Waals surface area contributed by atoms with Crippen molar-refractivity contribution in [2.75, 3.05) is 13.1 Å². The number of carbonyl (C=O) groups excluding carboxylic acids is 1. The number of hydrogen-bond acceptors (Lipinski definition) is 6. The van der Waals surface area contributed by atoms with Gasteiger partial charge in [-0.05, 0) is 44.3 Å². The van der Waals surface area contributed by atoms with Crippen molar-refractivity contribution in [2.24, 2.45) is 5.92 Å². The molecule has 1 aliphatic heterocycles. The average Bonchev–Trinajstić information content (AvgIpc) is 3.39. The van der Waals surface area contributed by atoms with E-state index < -0.39 is 0 Å². The molecule has 1 fully saturated rings. The Morgan fingerprint density at radius 2 is 1.96 bits per heavy atom. The first-order valence-electron chi connectivity index (χ1n) is 8.93. The molecule has 0 saturated carbocycles. The van der Waals surface area contributed by atoms with E-state index in [9.17, 15) is 4.79 Å². The van der Waals surface area contributed by atoms with Crippen molar-refractivity contribution in [3.63, 3.8) is 0 Å². The van der Waals surface area contributed by atoms with Crippen LogP contribution in [0.15, 0.2) is 52.4 Å². The highest BCUT2D eigenvalue weighted by Gasteiger charge is 2.30. The lowest BCUT2D eigenvalue weighted by molar-refractivity contribution is 0.0775. The van der Waals surface area contributed by atoms with E-state index in [1.54, 1.807) is 11.3 Å². The van der Waals surface area contributed by atoms with Gasteiger partial charge in [-0.3, -0.25) is 9.69 Å². The molecular formula is C20H21N3O2S. The normalized spacial score (nSPS) is 17.3. The van der Waals surface area contributed by atoms with Crippen LogP contribution in [0.2, 0.25) is 0 Å². The molecule has 1 saturated heterocycles. The Morgan fingerprint density at radius 3 is 2.65 bits per heavy atom. The predicted octanol–water partition coefficient (Wildman–Crippen LogP) is 4.45. The first kappa shape index (κ1) is 17.1. The first-order chi connectivity index (χ1) is 12.7. The second-order valence-corrected chi connectivity index (χ2v) is 7.60. The SMILES string of the molecule is CC(c1nc(-c2cccs2)no1)N1CCC(C(=O)c2ccccc2)CC1. The van der Waals surface area contributed by atoms with Crippen molar-refractivity contribution in [3.05, 3.63) is 59.3 Å². The fraction of sp³-hybridized carbons (Fsp3) is 0.350. The fourth-order valence-corrected chi connectivity index (χ4v) is 4.10. The molecule has 0 bridgehead atoms. The number of aromatic nitrogens is 2. The Hall–Kier alpha value is -2.31. The molecule has 0 spiro atoms. The molecule has 0 aliphatic carbocycles. The van der Waals surface area contributed by atoms with Crippen LogP contribution in [0, 0.1) is 5.92 Å². The van der Waals surface area contributed by atoms with Crippen LogP contribution >= 0.6 is 11.3 Å². The van der Waals surface area contributed by atoms with E-state index in [4.69, 9.17) is 4.52 Å². The standard InChI is InChI=1S/C20H21N3O2S/c1-14(20-21-19(22-25-20)17-8-5-13-26-17)23-11-9-16(10-12-23)18(24)15-6-3-2-4-7-15/h2-8,13-14,16H,9-12H2,1H3. The maximum atomic E-state index is 12.6. The van der Waals surface area contributed by atoms with Crippen LogP contribution < -0.4 is 0 Å². The van der Waals surface area contributed by atoms with Gasteiger partial charge in [-0.25, -0.2) is 0 Å². The second-order valence-electron chi connectivity index (χ2n) is 6.65. The van der Waals surface area contributed by atoms with Crippen LogP contribution in [0.4, 0.5) is 0 Å². The molecule has 0 radical (unpaired) electrons. The van der Waals surface area contributed by atoms with Gasteiger partial charge < -0.3 is 4.52 Å². The van der Waals surface area contributed by atoms with Crippen molar-refractivity contribution >= 4 is 17.1 Å². The lowest BCUT2D eigenvalue weighted by Crippen LogP contribution is -2.38. The quantitative estimate of drug-likeness (QED) is 0.623. The Balaban J connectivity index is 1.38. The third kappa shape index (κ3) is 3.48. The number of Topliss-reactive ketones (excluding diaryl/α,β-unsaturated/α-hetero) is 1. The highest BCUT2D eigenvalue weighted by Crippen LogP contribution is 2.29. The minimum atomic E-state index is 0.0592. The van der Waals surface area contributed by atoms with Gasteiger partial charge in [0.2, 0.25) is 11.7 Å². The van der Waals surface area contributed by atoms with Gasteiger partial charge in [0.15, 0.2) is 5.78 Å². The number of ketones is 1. The van der Waals surface area contributed by atoms with Crippen LogP contribution in [0.3, 0.4) is 0 Å². The third-order valence-corrected chi connectivity index (χ3v) is 5.91. The Morgan fingerprint density at radius 1 is 1.19 bits per heavy atom. The maximum Gasteiger partial charge on any atom is 0.244 e. The summed E-state index contributed by atoms with van der Waals surface area (Å²) in [6.07, 6.45) is 1.73. The van der Waals surface area contributed by atoms with E-state index in [2.05, 4.69) is 22.0 Å². The number of hydrogen-bond donors (Lipinski definition) is 0. The van der Waals surface area contributed by atoms with Gasteiger partial charge in [0.25, 0.3) is 0 Å². The summed E-state index contributed by atoms with van der Waals surface area (Å²) in [6, 6.07) is 13.6. The molecule has 5 nitrogen and oxygen atoms in total. The molecule has 2 aromatic heterocycles. The predicted molar refractivity (Wildman–Crippen MR) is 101 cm³/mol. The van der Waals surface area contributed by atoms with E-state index in [-0.39, 0.29) is 17.7 Å². The van der Waals surface area contributed by atoms with Crippen LogP contribution in [0.5, 0.6) is 0 Å². The molecule has 0 amide bonds. The third-order valence-electron chi connectivity index (χ3n) is 5.05. The van der Waals surface area contributed by atoms with Crippen molar-refractivity contribution in [1.29, 1.82) is 0 Å². The lowest BCUT2D eigenvalue weighted by atomic mass is 9.88. The summed E-state index contributed by atoms with van der Waals surface area (Å²) in [5, 5.41) is 6.10. The maximum absolute atomic E-state index is 12.6. The van der Waals surface area contributed by atoms with Crippen LogP contribution in [-0.4, -0.2) is 33.9 Å². The summed E-state index contributed by atoms with van der Waals surface area (Å²) < 4.78 is 5.48. The number of thiophene rings is 1. The zero-order valence-electron chi connectivity index (χ0n) is 14.7. The largest absolute Gasteiger partial charge is 0.337 e. The molecule has 3 heterocycles. The molecule has 1 unspecified atom stereocenters. The average molecular weight is 367 g/mol. The van der Waals surface area contributed by atoms with Crippen molar-refractivity contribution in [1.82, 2.24) is 15.0 Å².